The molecule has 0 spiro atoms. The maximum absolute atomic E-state index is 12.8. The molecule has 0 aliphatic rings. The molecule has 0 radical (unpaired) electrons. The smallest absolute Gasteiger partial charge is 0.164 e. The Morgan fingerprint density at radius 1 is 0.405 bits per heavy atom. The number of benzene rings is 6. The van der Waals surface area contributed by atoms with Crippen molar-refractivity contribution in [3.63, 3.8) is 0 Å². The van der Waals surface area contributed by atoms with Gasteiger partial charge in [-0.15, -0.1) is 0 Å². The summed E-state index contributed by atoms with van der Waals surface area (Å²) in [6.07, 6.45) is 0. The van der Waals surface area contributed by atoms with Crippen LogP contribution < -0.4 is 5.30 Å². The second-order valence-corrected chi connectivity index (χ2v) is 14.1. The third-order valence-corrected chi connectivity index (χ3v) is 9.09. The lowest BCUT2D eigenvalue weighted by Crippen LogP contribution is -2.02. The monoisotopic (exact) mass is 561 g/mol. The van der Waals surface area contributed by atoms with E-state index in [0.717, 1.165) is 43.9 Å². The highest BCUT2D eigenvalue weighted by Gasteiger charge is 2.15. The van der Waals surface area contributed by atoms with Gasteiger partial charge < -0.3 is 4.57 Å². The van der Waals surface area contributed by atoms with Crippen LogP contribution in [0.5, 0.6) is 0 Å². The quantitative estimate of drug-likeness (QED) is 0.197. The lowest BCUT2D eigenvalue weighted by atomic mass is 10.0. The van der Waals surface area contributed by atoms with Gasteiger partial charge in [-0.05, 0) is 70.3 Å². The Labute approximate surface area is 245 Å². The number of hydrogen-bond donors (Lipinski definition) is 0. The fraction of sp³-hybridized carbons (Fsp3) is 0.0541. The Hall–Kier alpha value is -4.92. The van der Waals surface area contributed by atoms with Crippen LogP contribution in [-0.4, -0.2) is 28.3 Å². The standard InChI is InChI=1S/C37H28N3OP/c1-42(2,41)34-16-8-14-30(24-34)29-13-7-15-31(23-29)35-38-36(32-19-17-25-9-3-5-11-27(25)21-32)40-37(39-35)33-20-18-26-10-4-6-12-28(26)22-33/h3-24H,1-2H3. The van der Waals surface area contributed by atoms with Gasteiger partial charge in [-0.25, -0.2) is 15.0 Å². The van der Waals surface area contributed by atoms with Crippen molar-refractivity contribution in [1.29, 1.82) is 0 Å². The zero-order valence-corrected chi connectivity index (χ0v) is 24.3. The molecule has 7 rings (SSSR count). The van der Waals surface area contributed by atoms with E-state index in [-0.39, 0.29) is 0 Å². The van der Waals surface area contributed by atoms with Crippen molar-refractivity contribution in [1.82, 2.24) is 15.0 Å². The first-order valence-electron chi connectivity index (χ1n) is 13.9. The van der Waals surface area contributed by atoms with Crippen molar-refractivity contribution in [2.75, 3.05) is 13.3 Å². The molecular formula is C37H28N3OP. The van der Waals surface area contributed by atoms with Crippen molar-refractivity contribution in [3.8, 4) is 45.3 Å². The van der Waals surface area contributed by atoms with Crippen molar-refractivity contribution >= 4 is 34.0 Å². The summed E-state index contributed by atoms with van der Waals surface area (Å²) in [7, 11) is -2.38. The lowest BCUT2D eigenvalue weighted by molar-refractivity contribution is 0.588. The summed E-state index contributed by atoms with van der Waals surface area (Å²) >= 11 is 0. The molecule has 0 aliphatic heterocycles. The summed E-state index contributed by atoms with van der Waals surface area (Å²) in [5, 5.41) is 5.47. The summed E-state index contributed by atoms with van der Waals surface area (Å²) in [5.74, 6) is 1.85. The molecule has 0 N–H and O–H groups in total. The van der Waals surface area contributed by atoms with E-state index >= 15 is 0 Å². The first kappa shape index (κ1) is 26.0. The third-order valence-electron chi connectivity index (χ3n) is 7.57. The summed E-state index contributed by atoms with van der Waals surface area (Å²) in [5.41, 5.74) is 4.79. The van der Waals surface area contributed by atoms with Crippen LogP contribution in [0.4, 0.5) is 0 Å². The Balaban J connectivity index is 1.39. The van der Waals surface area contributed by atoms with E-state index in [4.69, 9.17) is 15.0 Å². The topological polar surface area (TPSA) is 55.7 Å². The highest BCUT2D eigenvalue weighted by Crippen LogP contribution is 2.36. The van der Waals surface area contributed by atoms with Crippen LogP contribution in [0.25, 0.3) is 66.8 Å². The zero-order valence-electron chi connectivity index (χ0n) is 23.4. The second-order valence-electron chi connectivity index (χ2n) is 10.9. The summed E-state index contributed by atoms with van der Waals surface area (Å²) in [6, 6.07) is 45.4. The van der Waals surface area contributed by atoms with E-state index in [1.165, 1.54) is 10.8 Å². The van der Waals surface area contributed by atoms with Gasteiger partial charge in [0.15, 0.2) is 17.5 Å². The zero-order chi connectivity index (χ0) is 28.7. The van der Waals surface area contributed by atoms with Crippen LogP contribution in [0.2, 0.25) is 0 Å². The van der Waals surface area contributed by atoms with E-state index in [0.29, 0.717) is 17.5 Å². The van der Waals surface area contributed by atoms with Gasteiger partial charge in [0, 0.05) is 22.0 Å². The number of nitrogens with zero attached hydrogens (tertiary/aromatic N) is 3. The van der Waals surface area contributed by atoms with Gasteiger partial charge >= 0.3 is 0 Å². The number of hydrogen-bond acceptors (Lipinski definition) is 4. The summed E-state index contributed by atoms with van der Waals surface area (Å²) < 4.78 is 12.8. The molecule has 42 heavy (non-hydrogen) atoms. The Morgan fingerprint density at radius 2 is 0.833 bits per heavy atom. The molecule has 1 heterocycles. The molecule has 7 aromatic rings. The minimum Gasteiger partial charge on any atom is -0.319 e. The molecule has 0 saturated carbocycles. The fourth-order valence-corrected chi connectivity index (χ4v) is 6.17. The summed E-state index contributed by atoms with van der Waals surface area (Å²) in [6.45, 7) is 3.60. The van der Waals surface area contributed by atoms with Crippen molar-refractivity contribution < 1.29 is 4.57 Å². The van der Waals surface area contributed by atoms with Crippen LogP contribution in [-0.2, 0) is 4.57 Å². The largest absolute Gasteiger partial charge is 0.319 e. The van der Waals surface area contributed by atoms with Gasteiger partial charge in [0.25, 0.3) is 0 Å². The second kappa shape index (κ2) is 10.5. The fourth-order valence-electron chi connectivity index (χ4n) is 5.28. The molecule has 0 unspecified atom stereocenters. The Bertz CT molecular complexity index is 2070. The van der Waals surface area contributed by atoms with Crippen LogP contribution in [0.3, 0.4) is 0 Å². The predicted molar refractivity (Wildman–Crippen MR) is 176 cm³/mol. The number of fused-ring (bicyclic) bond motifs is 2. The van der Waals surface area contributed by atoms with E-state index in [1.54, 1.807) is 13.3 Å². The molecule has 0 bridgehead atoms. The van der Waals surface area contributed by atoms with E-state index in [1.807, 2.05) is 60.7 Å². The molecule has 0 aliphatic carbocycles. The average molecular weight is 562 g/mol. The normalized spacial score (nSPS) is 11.7. The number of rotatable bonds is 5. The van der Waals surface area contributed by atoms with Gasteiger partial charge in [0.05, 0.1) is 0 Å². The molecule has 0 atom stereocenters. The molecule has 4 nitrogen and oxygen atoms in total. The van der Waals surface area contributed by atoms with E-state index < -0.39 is 7.14 Å². The van der Waals surface area contributed by atoms with Crippen LogP contribution in [0.1, 0.15) is 0 Å². The van der Waals surface area contributed by atoms with E-state index in [2.05, 4.69) is 72.8 Å². The maximum atomic E-state index is 12.8. The molecule has 0 amide bonds. The third kappa shape index (κ3) is 5.13. The van der Waals surface area contributed by atoms with Gasteiger partial charge in [-0.3, -0.25) is 0 Å². The average Bonchev–Trinajstić information content (AvgIpc) is 3.04. The van der Waals surface area contributed by atoms with Gasteiger partial charge in [0.1, 0.15) is 7.14 Å². The number of aromatic nitrogens is 3. The van der Waals surface area contributed by atoms with Crippen molar-refractivity contribution in [3.05, 3.63) is 133 Å². The van der Waals surface area contributed by atoms with Crippen molar-refractivity contribution in [2.24, 2.45) is 0 Å². The highest BCUT2D eigenvalue weighted by molar-refractivity contribution is 7.70. The van der Waals surface area contributed by atoms with Gasteiger partial charge in [-0.1, -0.05) is 109 Å². The Morgan fingerprint density at radius 3 is 1.36 bits per heavy atom. The van der Waals surface area contributed by atoms with E-state index in [9.17, 15) is 4.57 Å². The molecule has 0 saturated heterocycles. The molecule has 202 valence electrons. The first-order chi connectivity index (χ1) is 20.4. The van der Waals surface area contributed by atoms with Crippen LogP contribution >= 0.6 is 7.14 Å². The highest BCUT2D eigenvalue weighted by atomic mass is 31.2. The van der Waals surface area contributed by atoms with Gasteiger partial charge in [-0.2, -0.15) is 0 Å². The van der Waals surface area contributed by atoms with Gasteiger partial charge in [0.2, 0.25) is 0 Å². The Kier molecular flexibility index (Phi) is 6.49. The molecule has 0 fully saturated rings. The van der Waals surface area contributed by atoms with Crippen LogP contribution in [0, 0.1) is 0 Å². The predicted octanol–water partition coefficient (Wildman–Crippen LogP) is 9.09. The SMILES string of the molecule is CP(C)(=O)c1cccc(-c2cccc(-c3nc(-c4ccc5ccccc5c4)nc(-c4ccc5ccccc5c4)n3)c2)c1. The lowest BCUT2D eigenvalue weighted by Gasteiger charge is -2.12. The molecule has 5 heteroatoms. The minimum atomic E-state index is -2.38. The maximum Gasteiger partial charge on any atom is 0.164 e. The molecule has 6 aromatic carbocycles. The molecule has 1 aromatic heterocycles. The molecular weight excluding hydrogens is 533 g/mol. The first-order valence-corrected chi connectivity index (χ1v) is 16.5. The minimum absolute atomic E-state index is 0.603. The van der Waals surface area contributed by atoms with Crippen molar-refractivity contribution in [2.45, 2.75) is 0 Å². The summed E-state index contributed by atoms with van der Waals surface area (Å²) in [4.78, 5) is 15.0. The van der Waals surface area contributed by atoms with Crippen LogP contribution in [0.15, 0.2) is 133 Å².